The van der Waals surface area contributed by atoms with Crippen LogP contribution in [0.2, 0.25) is 5.02 Å². The highest BCUT2D eigenvalue weighted by atomic mass is 35.5. The predicted octanol–water partition coefficient (Wildman–Crippen LogP) is 4.28. The van der Waals surface area contributed by atoms with Crippen molar-refractivity contribution in [3.8, 4) is 0 Å². The fraction of sp³-hybridized carbons (Fsp3) is 0.652. The Morgan fingerprint density at radius 3 is 2.18 bits per heavy atom. The van der Waals surface area contributed by atoms with Gasteiger partial charge in [0.05, 0.1) is 5.41 Å². The number of benzene rings is 1. The zero-order valence-corrected chi connectivity index (χ0v) is 17.1. The van der Waals surface area contributed by atoms with Crippen molar-refractivity contribution in [1.29, 1.82) is 0 Å². The summed E-state index contributed by atoms with van der Waals surface area (Å²) >= 11 is 5.99. The number of nitrogens with zero attached hydrogens (tertiary/aromatic N) is 1. The molecule has 1 heterocycles. The van der Waals surface area contributed by atoms with Gasteiger partial charge in [0, 0.05) is 29.7 Å². The molecule has 4 saturated carbocycles. The van der Waals surface area contributed by atoms with E-state index in [0.29, 0.717) is 16.5 Å². The highest BCUT2D eigenvalue weighted by molar-refractivity contribution is 6.30. The van der Waals surface area contributed by atoms with Gasteiger partial charge in [-0.3, -0.25) is 9.59 Å². The molecule has 0 aromatic heterocycles. The second-order valence-corrected chi connectivity index (χ2v) is 10.2. The molecule has 0 unspecified atom stereocenters. The van der Waals surface area contributed by atoms with Crippen LogP contribution in [0.4, 0.5) is 0 Å². The topological polar surface area (TPSA) is 49.4 Å². The summed E-state index contributed by atoms with van der Waals surface area (Å²) < 4.78 is 0. The Labute approximate surface area is 172 Å². The zero-order chi connectivity index (χ0) is 19.3. The summed E-state index contributed by atoms with van der Waals surface area (Å²) in [5.41, 5.74) is 0.547. The fourth-order valence-electron chi connectivity index (χ4n) is 6.83. The largest absolute Gasteiger partial charge is 0.349 e. The number of likely N-dealkylation sites (tertiary alicyclic amines) is 1. The lowest BCUT2D eigenvalue weighted by Gasteiger charge is -2.57. The lowest BCUT2D eigenvalue weighted by atomic mass is 9.49. The SMILES string of the molecule is O=C(NC1CCN(C(=O)C23CC4CC(CC(C4)C2)C3)CC1)c1cccc(Cl)c1. The number of carbonyl (C=O) groups excluding carboxylic acids is 2. The Balaban J connectivity index is 1.18. The third kappa shape index (κ3) is 3.34. The molecular formula is C23H29ClN2O2. The van der Waals surface area contributed by atoms with E-state index >= 15 is 0 Å². The molecule has 4 aliphatic carbocycles. The van der Waals surface area contributed by atoms with Gasteiger partial charge in [0.2, 0.25) is 5.91 Å². The van der Waals surface area contributed by atoms with Crippen LogP contribution in [0.25, 0.3) is 0 Å². The van der Waals surface area contributed by atoms with Gasteiger partial charge < -0.3 is 10.2 Å². The smallest absolute Gasteiger partial charge is 0.251 e. The molecule has 1 N–H and O–H groups in total. The summed E-state index contributed by atoms with van der Waals surface area (Å²) in [7, 11) is 0. The summed E-state index contributed by atoms with van der Waals surface area (Å²) in [5, 5.41) is 3.69. The third-order valence-electron chi connectivity index (χ3n) is 7.70. The van der Waals surface area contributed by atoms with Crippen LogP contribution < -0.4 is 5.32 Å². The number of halogens is 1. The predicted molar refractivity (Wildman–Crippen MR) is 109 cm³/mol. The Bertz CT molecular complexity index is 749. The Kier molecular flexibility index (Phi) is 4.65. The van der Waals surface area contributed by atoms with E-state index in [-0.39, 0.29) is 17.4 Å². The average Bonchev–Trinajstić information content (AvgIpc) is 2.67. The van der Waals surface area contributed by atoms with Crippen LogP contribution in [0, 0.1) is 23.2 Å². The molecule has 1 aliphatic heterocycles. The van der Waals surface area contributed by atoms with Crippen LogP contribution in [0.15, 0.2) is 24.3 Å². The highest BCUT2D eigenvalue weighted by Gasteiger charge is 2.55. The second-order valence-electron chi connectivity index (χ2n) is 9.75. The number of amides is 2. The molecule has 150 valence electrons. The second kappa shape index (κ2) is 7.05. The molecule has 28 heavy (non-hydrogen) atoms. The summed E-state index contributed by atoms with van der Waals surface area (Å²) in [6.45, 7) is 1.53. The molecular weight excluding hydrogens is 372 g/mol. The van der Waals surface area contributed by atoms with Crippen LogP contribution in [0.3, 0.4) is 0 Å². The number of nitrogens with one attached hydrogen (secondary N) is 1. The molecule has 1 aromatic rings. The van der Waals surface area contributed by atoms with E-state index in [9.17, 15) is 9.59 Å². The summed E-state index contributed by atoms with van der Waals surface area (Å²) in [5.74, 6) is 2.73. The molecule has 4 bridgehead atoms. The van der Waals surface area contributed by atoms with Gasteiger partial charge in [-0.15, -0.1) is 0 Å². The summed E-state index contributed by atoms with van der Waals surface area (Å²) in [4.78, 5) is 28.0. The number of hydrogen-bond donors (Lipinski definition) is 1. The molecule has 5 heteroatoms. The first-order valence-corrected chi connectivity index (χ1v) is 11.2. The average molecular weight is 401 g/mol. The van der Waals surface area contributed by atoms with E-state index in [2.05, 4.69) is 10.2 Å². The Hall–Kier alpha value is -1.55. The van der Waals surface area contributed by atoms with Gasteiger partial charge in [-0.2, -0.15) is 0 Å². The van der Waals surface area contributed by atoms with Gasteiger partial charge in [0.1, 0.15) is 0 Å². The van der Waals surface area contributed by atoms with E-state index in [4.69, 9.17) is 11.6 Å². The van der Waals surface area contributed by atoms with E-state index in [1.165, 1.54) is 19.3 Å². The zero-order valence-electron chi connectivity index (χ0n) is 16.3. The minimum Gasteiger partial charge on any atom is -0.349 e. The van der Waals surface area contributed by atoms with Gasteiger partial charge >= 0.3 is 0 Å². The lowest BCUT2D eigenvalue weighted by Crippen LogP contribution is -2.56. The maximum atomic E-state index is 13.5. The molecule has 1 saturated heterocycles. The van der Waals surface area contributed by atoms with Crippen molar-refractivity contribution in [3.05, 3.63) is 34.9 Å². The van der Waals surface area contributed by atoms with E-state index in [1.54, 1.807) is 24.3 Å². The summed E-state index contributed by atoms with van der Waals surface area (Å²) in [6, 6.07) is 7.18. The standard InChI is InChI=1S/C23H29ClN2O2/c24-19-3-1-2-18(11-19)21(27)25-20-4-6-26(7-5-20)22(28)23-12-15-8-16(13-23)10-17(9-15)14-23/h1-3,11,15-17,20H,4-10,12-14H2,(H,25,27). The monoisotopic (exact) mass is 400 g/mol. The first-order valence-electron chi connectivity index (χ1n) is 10.9. The van der Waals surface area contributed by atoms with Gasteiger partial charge in [-0.25, -0.2) is 0 Å². The molecule has 0 spiro atoms. The molecule has 5 fully saturated rings. The van der Waals surface area contributed by atoms with Crippen LogP contribution in [0.5, 0.6) is 0 Å². The molecule has 4 nitrogen and oxygen atoms in total. The molecule has 5 aliphatic rings. The molecule has 1 aromatic carbocycles. The van der Waals surface area contributed by atoms with Crippen LogP contribution in [0.1, 0.15) is 61.7 Å². The number of piperidine rings is 1. The van der Waals surface area contributed by atoms with Crippen molar-refractivity contribution in [2.75, 3.05) is 13.1 Å². The first-order chi connectivity index (χ1) is 13.5. The van der Waals surface area contributed by atoms with Crippen molar-refractivity contribution in [2.24, 2.45) is 23.2 Å². The minimum atomic E-state index is -0.0756. The van der Waals surface area contributed by atoms with E-state index in [0.717, 1.165) is 62.9 Å². The number of hydrogen-bond acceptors (Lipinski definition) is 2. The van der Waals surface area contributed by atoms with E-state index in [1.807, 2.05) is 0 Å². The Morgan fingerprint density at radius 2 is 1.61 bits per heavy atom. The third-order valence-corrected chi connectivity index (χ3v) is 7.93. The highest BCUT2D eigenvalue weighted by Crippen LogP contribution is 2.60. The van der Waals surface area contributed by atoms with Crippen molar-refractivity contribution < 1.29 is 9.59 Å². The first kappa shape index (κ1) is 18.5. The molecule has 0 radical (unpaired) electrons. The fourth-order valence-corrected chi connectivity index (χ4v) is 7.02. The van der Waals surface area contributed by atoms with E-state index < -0.39 is 0 Å². The molecule has 0 atom stereocenters. The maximum Gasteiger partial charge on any atom is 0.251 e. The Morgan fingerprint density at radius 1 is 1.00 bits per heavy atom. The van der Waals surface area contributed by atoms with Crippen LogP contribution in [-0.4, -0.2) is 35.8 Å². The summed E-state index contributed by atoms with van der Waals surface area (Å²) in [6.07, 6.45) is 9.16. The minimum absolute atomic E-state index is 0.0500. The van der Waals surface area contributed by atoms with Crippen molar-refractivity contribution in [3.63, 3.8) is 0 Å². The van der Waals surface area contributed by atoms with Crippen molar-refractivity contribution in [1.82, 2.24) is 10.2 Å². The maximum absolute atomic E-state index is 13.5. The van der Waals surface area contributed by atoms with Crippen LogP contribution >= 0.6 is 11.6 Å². The van der Waals surface area contributed by atoms with Crippen molar-refractivity contribution in [2.45, 2.75) is 57.4 Å². The van der Waals surface area contributed by atoms with Gasteiger partial charge in [-0.1, -0.05) is 17.7 Å². The van der Waals surface area contributed by atoms with Gasteiger partial charge in [-0.05, 0) is 87.3 Å². The number of rotatable bonds is 3. The molecule has 6 rings (SSSR count). The molecule has 2 amide bonds. The lowest BCUT2D eigenvalue weighted by molar-refractivity contribution is -0.158. The van der Waals surface area contributed by atoms with Gasteiger partial charge in [0.25, 0.3) is 5.91 Å². The number of carbonyl (C=O) groups is 2. The van der Waals surface area contributed by atoms with Crippen LogP contribution in [-0.2, 0) is 4.79 Å². The van der Waals surface area contributed by atoms with Crippen molar-refractivity contribution >= 4 is 23.4 Å². The van der Waals surface area contributed by atoms with Gasteiger partial charge in [0.15, 0.2) is 0 Å². The quantitative estimate of drug-likeness (QED) is 0.823. The normalized spacial score (nSPS) is 34.5.